The van der Waals surface area contributed by atoms with Gasteiger partial charge < -0.3 is 59.4 Å². The second-order valence-electron chi connectivity index (χ2n) is 21.5. The first kappa shape index (κ1) is 65.0. The summed E-state index contributed by atoms with van der Waals surface area (Å²) in [5, 5.41) is 22.0. The van der Waals surface area contributed by atoms with Gasteiger partial charge in [-0.3, -0.25) is 43.3 Å². The molecule has 0 saturated heterocycles. The molecule has 0 unspecified atom stereocenters. The molecule has 7 rings (SSSR count). The maximum Gasteiger partial charge on any atom is 0.244 e. The Balaban J connectivity index is 1.09. The number of nitrogens with zero attached hydrogens (tertiary/aromatic N) is 1. The molecule has 2 heterocycles. The lowest BCUT2D eigenvalue weighted by Crippen LogP contribution is -2.61. The van der Waals surface area contributed by atoms with Crippen molar-refractivity contribution in [3.63, 3.8) is 0 Å². The quantitative estimate of drug-likeness (QED) is 0.0221. The van der Waals surface area contributed by atoms with Gasteiger partial charge in [0.05, 0.1) is 6.04 Å². The number of hydrogen-bond acceptors (Lipinski definition) is 13. The van der Waals surface area contributed by atoms with Crippen molar-refractivity contribution in [1.29, 1.82) is 0 Å². The van der Waals surface area contributed by atoms with Crippen molar-refractivity contribution >= 4 is 94.2 Å². The fraction of sp³-hybridized carbons (Fsp3) is 0.328. The lowest BCUT2D eigenvalue weighted by atomic mass is 9.85. The average molecular weight is 1210 g/mol. The number of unbranched alkanes of at least 4 members (excludes halogenated alkanes) is 1. The van der Waals surface area contributed by atoms with Crippen LogP contribution in [0.2, 0.25) is 0 Å². The summed E-state index contributed by atoms with van der Waals surface area (Å²) in [6.07, 6.45) is 5.61. The van der Waals surface area contributed by atoms with Crippen molar-refractivity contribution < 1.29 is 38.4 Å². The number of carbonyl (C=O) groups excluding carboxylic acids is 8. The van der Waals surface area contributed by atoms with E-state index in [9.17, 15) is 38.4 Å². The van der Waals surface area contributed by atoms with E-state index in [4.69, 9.17) is 17.2 Å². The molecule has 0 aliphatic carbocycles. The van der Waals surface area contributed by atoms with Crippen molar-refractivity contribution in [1.82, 2.24) is 47.2 Å². The lowest BCUT2D eigenvalue weighted by Gasteiger charge is -2.29. The summed E-state index contributed by atoms with van der Waals surface area (Å²) in [7, 11) is 0. The molecule has 5 aromatic carbocycles. The molecule has 0 saturated carbocycles. The van der Waals surface area contributed by atoms with Gasteiger partial charge in [0, 0.05) is 66.2 Å². The van der Waals surface area contributed by atoms with E-state index < -0.39 is 107 Å². The van der Waals surface area contributed by atoms with E-state index in [1.807, 2.05) is 127 Å². The summed E-state index contributed by atoms with van der Waals surface area (Å²) in [5.41, 5.74) is 22.6. The number of fused-ring (bicyclic) bond motifs is 2. The summed E-state index contributed by atoms with van der Waals surface area (Å²) in [6.45, 7) is 3.66. The van der Waals surface area contributed by atoms with Gasteiger partial charge in [-0.25, -0.2) is 0 Å². The first-order valence-electron chi connectivity index (χ1n) is 28.6. The minimum atomic E-state index is -1.38. The van der Waals surface area contributed by atoms with E-state index >= 15 is 0 Å². The smallest absolute Gasteiger partial charge is 0.244 e. The van der Waals surface area contributed by atoms with Crippen molar-refractivity contribution in [2.75, 3.05) is 18.1 Å². The second-order valence-corrected chi connectivity index (χ2v) is 22.2. The number of aromatic amines is 1. The van der Waals surface area contributed by atoms with E-state index in [2.05, 4.69) is 72.4 Å². The fourth-order valence-corrected chi connectivity index (χ4v) is 10.7. The Morgan fingerprint density at radius 2 is 1.05 bits per heavy atom. The summed E-state index contributed by atoms with van der Waals surface area (Å²) >= 11 is 8.78. The number of H-pyrrole nitrogens is 1. The number of nitrogens with two attached hydrogens (primary N) is 3. The summed E-state index contributed by atoms with van der Waals surface area (Å²) in [5.74, 6) is -7.44. The Labute approximate surface area is 511 Å². The number of aromatic nitrogens is 2. The summed E-state index contributed by atoms with van der Waals surface area (Å²) in [4.78, 5) is 121. The molecular weight excluding hydrogens is 1130 g/mol. The number of para-hydroxylation sites is 1. The van der Waals surface area contributed by atoms with Crippen LogP contribution in [0.5, 0.6) is 0 Å². The van der Waals surface area contributed by atoms with Crippen LogP contribution in [0, 0.1) is 5.92 Å². The van der Waals surface area contributed by atoms with Gasteiger partial charge >= 0.3 is 0 Å². The molecule has 0 bridgehead atoms. The van der Waals surface area contributed by atoms with Crippen molar-refractivity contribution in [2.24, 2.45) is 23.1 Å². The van der Waals surface area contributed by atoms with Crippen LogP contribution in [0.25, 0.3) is 21.7 Å². The molecule has 7 aromatic rings. The van der Waals surface area contributed by atoms with Crippen LogP contribution in [0.1, 0.15) is 66.8 Å². The summed E-state index contributed by atoms with van der Waals surface area (Å²) in [6, 6.07) is 32.6. The van der Waals surface area contributed by atoms with Crippen LogP contribution in [-0.4, -0.2) is 124 Å². The Bertz CT molecular complexity index is 3390. The van der Waals surface area contributed by atoms with E-state index in [-0.39, 0.29) is 43.7 Å². The SMILES string of the molecule is CC(C)[C@H](NC(=O)[C@H](CCCCN)NC(=O)[C@@H](Cc1c[nH]c2ccccc12)NC(=O)[C@H](Cc1cccnc1)NC(=O)[C@@H](CS)NC(=O)[C@@H](N)C(c1ccccc1)c1ccccc1)C(=O)N[C@@H](CS)C(=O)N[C@@H](Cc1ccc2ccccc2c1)C(N)=O. The minimum Gasteiger partial charge on any atom is -0.368 e. The zero-order valence-electron chi connectivity index (χ0n) is 48.0. The molecule has 0 spiro atoms. The molecule has 0 aliphatic heterocycles. The molecule has 0 aliphatic rings. The molecule has 20 nitrogen and oxygen atoms in total. The molecular formula is C64H76N12O8S2. The number of primary amides is 1. The van der Waals surface area contributed by atoms with Crippen LogP contribution in [0.4, 0.5) is 0 Å². The monoisotopic (exact) mass is 1200 g/mol. The number of amides is 8. The molecule has 0 fully saturated rings. The van der Waals surface area contributed by atoms with Gasteiger partial charge in [-0.1, -0.05) is 141 Å². The molecule has 8 atom stereocenters. The van der Waals surface area contributed by atoms with Gasteiger partial charge in [0.1, 0.15) is 42.3 Å². The van der Waals surface area contributed by atoms with Crippen LogP contribution < -0.4 is 54.4 Å². The predicted molar refractivity (Wildman–Crippen MR) is 338 cm³/mol. The highest BCUT2D eigenvalue weighted by molar-refractivity contribution is 7.80. The molecule has 452 valence electrons. The van der Waals surface area contributed by atoms with E-state index in [1.54, 1.807) is 38.4 Å². The Morgan fingerprint density at radius 1 is 0.523 bits per heavy atom. The molecule has 2 aromatic heterocycles. The van der Waals surface area contributed by atoms with Gasteiger partial charge in [0.2, 0.25) is 47.3 Å². The standard InChI is InChI=1S/C64H76N12O8S2/c1-38(2)56(64(84)75-53(37-86)61(81)71-49(57(67)77)31-39-26-27-41-17-9-10-22-44(41)30-39)76-58(78)48(25-13-14-28-65)70-60(80)51(33-45-35-69-47-24-12-11-23-46(45)47)73-59(79)50(32-40-16-15-29-68-34-40)72-62(82)52(36-85)74-63(83)55(66)54(42-18-5-3-6-19-42)43-20-7-4-8-21-43/h3-12,15-24,26-27,29-30,34-35,38,48-56,69,85-86H,13-14,25,28,31-33,36-37,65-66H2,1-2H3,(H2,67,77)(H,70,80)(H,71,81)(H,72,82)(H,73,79)(H,74,83)(H,75,84)(H,76,78)/t48-,49-,50-,51+,52+,53-,55-,56-/m0/s1. The van der Waals surface area contributed by atoms with Gasteiger partial charge in [0.25, 0.3) is 0 Å². The number of hydrogen-bond donors (Lipinski definition) is 13. The molecule has 8 amide bonds. The first-order valence-corrected chi connectivity index (χ1v) is 29.9. The number of thiol groups is 2. The maximum atomic E-state index is 14.9. The second kappa shape index (κ2) is 32.1. The number of benzene rings is 5. The predicted octanol–water partition coefficient (Wildman–Crippen LogP) is 3.43. The minimum absolute atomic E-state index is 0.0694. The molecule has 0 radical (unpaired) electrons. The first-order chi connectivity index (χ1) is 41.5. The summed E-state index contributed by atoms with van der Waals surface area (Å²) < 4.78 is 0. The largest absolute Gasteiger partial charge is 0.368 e. The highest BCUT2D eigenvalue weighted by Gasteiger charge is 2.36. The fourth-order valence-electron chi connectivity index (χ4n) is 10.2. The van der Waals surface area contributed by atoms with Crippen LogP contribution in [0.3, 0.4) is 0 Å². The van der Waals surface area contributed by atoms with Crippen LogP contribution >= 0.6 is 25.3 Å². The maximum absolute atomic E-state index is 14.9. The van der Waals surface area contributed by atoms with Gasteiger partial charge in [0.15, 0.2) is 0 Å². The molecule has 86 heavy (non-hydrogen) atoms. The molecule has 14 N–H and O–H groups in total. The normalized spacial score (nSPS) is 14.1. The zero-order chi connectivity index (χ0) is 61.7. The Hall–Kier alpha value is -8.57. The van der Waals surface area contributed by atoms with Gasteiger partial charge in [-0.05, 0) is 82.4 Å². The van der Waals surface area contributed by atoms with Crippen molar-refractivity contribution in [2.45, 2.75) is 107 Å². The van der Waals surface area contributed by atoms with Crippen LogP contribution in [0.15, 0.2) is 158 Å². The van der Waals surface area contributed by atoms with E-state index in [1.165, 1.54) is 6.20 Å². The van der Waals surface area contributed by atoms with Gasteiger partial charge in [-0.15, -0.1) is 0 Å². The number of pyridine rings is 1. The number of rotatable bonds is 31. The van der Waals surface area contributed by atoms with E-state index in [0.717, 1.165) is 38.4 Å². The van der Waals surface area contributed by atoms with E-state index in [0.29, 0.717) is 24.0 Å². The Morgan fingerprint density at radius 3 is 1.64 bits per heavy atom. The highest BCUT2D eigenvalue weighted by Crippen LogP contribution is 2.28. The Kier molecular flexibility index (Phi) is 24.2. The third kappa shape index (κ3) is 18.0. The number of nitrogens with one attached hydrogen (secondary N) is 8. The topological polar surface area (TPSA) is 328 Å². The van der Waals surface area contributed by atoms with Crippen molar-refractivity contribution in [3.05, 3.63) is 186 Å². The third-order valence-corrected chi connectivity index (χ3v) is 15.6. The third-order valence-electron chi connectivity index (χ3n) is 14.9. The highest BCUT2D eigenvalue weighted by atomic mass is 32.1. The van der Waals surface area contributed by atoms with Crippen molar-refractivity contribution in [3.8, 4) is 0 Å². The number of carbonyl (C=O) groups is 8. The molecule has 22 heteroatoms. The van der Waals surface area contributed by atoms with Crippen LogP contribution in [-0.2, 0) is 57.6 Å². The lowest BCUT2D eigenvalue weighted by molar-refractivity contribution is -0.136. The zero-order valence-corrected chi connectivity index (χ0v) is 49.8. The average Bonchev–Trinajstić information content (AvgIpc) is 3.77. The van der Waals surface area contributed by atoms with Gasteiger partial charge in [-0.2, -0.15) is 25.3 Å².